The Bertz CT molecular complexity index is 507. The summed E-state index contributed by atoms with van der Waals surface area (Å²) in [5.41, 5.74) is 0.841. The molecule has 0 atom stereocenters. The summed E-state index contributed by atoms with van der Waals surface area (Å²) >= 11 is 1.51. The molecule has 0 saturated heterocycles. The van der Waals surface area contributed by atoms with Crippen molar-refractivity contribution in [3.63, 3.8) is 0 Å². The van der Waals surface area contributed by atoms with Crippen LogP contribution in [-0.4, -0.2) is 32.9 Å². The van der Waals surface area contributed by atoms with Crippen molar-refractivity contribution in [1.82, 2.24) is 9.62 Å². The van der Waals surface area contributed by atoms with Crippen molar-refractivity contribution in [2.75, 3.05) is 20.1 Å². The summed E-state index contributed by atoms with van der Waals surface area (Å²) in [6.07, 6.45) is 0. The van der Waals surface area contributed by atoms with Gasteiger partial charge in [0.25, 0.3) is 0 Å². The van der Waals surface area contributed by atoms with Crippen molar-refractivity contribution in [3.8, 4) is 0 Å². The first-order chi connectivity index (χ1) is 8.80. The maximum atomic E-state index is 12.6. The van der Waals surface area contributed by atoms with E-state index in [1.165, 1.54) is 15.6 Å². The molecule has 19 heavy (non-hydrogen) atoms. The number of aryl methyl sites for hydroxylation is 1. The fourth-order valence-electron chi connectivity index (χ4n) is 1.96. The molecule has 0 aromatic carbocycles. The highest BCUT2D eigenvalue weighted by Gasteiger charge is 2.27. The van der Waals surface area contributed by atoms with Gasteiger partial charge in [0.15, 0.2) is 0 Å². The van der Waals surface area contributed by atoms with Crippen molar-refractivity contribution < 1.29 is 8.42 Å². The Balaban J connectivity index is 3.09. The average Bonchev–Trinajstić information content (AvgIpc) is 2.67. The van der Waals surface area contributed by atoms with Crippen LogP contribution < -0.4 is 5.32 Å². The van der Waals surface area contributed by atoms with Gasteiger partial charge in [-0.1, -0.05) is 20.8 Å². The van der Waals surface area contributed by atoms with E-state index in [-0.39, 0.29) is 0 Å². The molecule has 0 saturated carbocycles. The van der Waals surface area contributed by atoms with Gasteiger partial charge < -0.3 is 5.32 Å². The monoisotopic (exact) mass is 304 g/mol. The zero-order chi connectivity index (χ0) is 14.6. The Kier molecular flexibility index (Phi) is 5.98. The number of rotatable bonds is 7. The molecule has 4 nitrogen and oxygen atoms in total. The van der Waals surface area contributed by atoms with E-state index < -0.39 is 10.0 Å². The fourth-order valence-corrected chi connectivity index (χ4v) is 5.02. The zero-order valence-corrected chi connectivity index (χ0v) is 14.0. The first kappa shape index (κ1) is 16.6. The van der Waals surface area contributed by atoms with E-state index in [0.717, 1.165) is 17.0 Å². The second-order valence-corrected chi connectivity index (χ2v) is 8.08. The first-order valence-electron chi connectivity index (χ1n) is 6.54. The summed E-state index contributed by atoms with van der Waals surface area (Å²) in [6.45, 7) is 9.90. The number of sulfonamides is 1. The number of hydrogen-bond donors (Lipinski definition) is 1. The van der Waals surface area contributed by atoms with E-state index >= 15 is 0 Å². The second-order valence-electron chi connectivity index (χ2n) is 5.13. The van der Waals surface area contributed by atoms with Gasteiger partial charge in [-0.2, -0.15) is 0 Å². The number of nitrogens with zero attached hydrogens (tertiary/aromatic N) is 1. The van der Waals surface area contributed by atoms with Gasteiger partial charge in [-0.05, 0) is 30.3 Å². The van der Waals surface area contributed by atoms with Crippen LogP contribution in [0.4, 0.5) is 0 Å². The van der Waals surface area contributed by atoms with Crippen molar-refractivity contribution in [1.29, 1.82) is 0 Å². The minimum Gasteiger partial charge on any atom is -0.312 e. The maximum Gasteiger partial charge on any atom is 0.244 e. The molecular weight excluding hydrogens is 280 g/mol. The molecule has 0 aliphatic carbocycles. The highest BCUT2D eigenvalue weighted by Crippen LogP contribution is 2.29. The van der Waals surface area contributed by atoms with E-state index in [1.807, 2.05) is 33.1 Å². The van der Waals surface area contributed by atoms with Crippen LogP contribution in [0.15, 0.2) is 10.3 Å². The SMILES string of the molecule is CCNCc1scc(C)c1S(=O)(=O)N(C)CC(C)C. The summed E-state index contributed by atoms with van der Waals surface area (Å²) in [5.74, 6) is 0.316. The molecule has 0 fully saturated rings. The van der Waals surface area contributed by atoms with Gasteiger partial charge in [-0.25, -0.2) is 12.7 Å². The van der Waals surface area contributed by atoms with Gasteiger partial charge in [0, 0.05) is 25.0 Å². The summed E-state index contributed by atoms with van der Waals surface area (Å²) in [5, 5.41) is 5.12. The van der Waals surface area contributed by atoms with Crippen LogP contribution in [0.1, 0.15) is 31.2 Å². The van der Waals surface area contributed by atoms with Gasteiger partial charge in [0.1, 0.15) is 4.90 Å². The second kappa shape index (κ2) is 6.83. The van der Waals surface area contributed by atoms with Crippen LogP contribution in [0.2, 0.25) is 0 Å². The first-order valence-corrected chi connectivity index (χ1v) is 8.86. The minimum atomic E-state index is -3.38. The van der Waals surface area contributed by atoms with E-state index in [1.54, 1.807) is 7.05 Å². The van der Waals surface area contributed by atoms with Crippen molar-refractivity contribution in [3.05, 3.63) is 15.8 Å². The Hall–Kier alpha value is -0.430. The molecule has 0 aliphatic rings. The standard InChI is InChI=1S/C13H24N2O2S2/c1-6-14-7-12-13(11(4)9-18-12)19(16,17)15(5)8-10(2)3/h9-10,14H,6-8H2,1-5H3. The summed E-state index contributed by atoms with van der Waals surface area (Å²) < 4.78 is 26.7. The molecule has 0 radical (unpaired) electrons. The largest absolute Gasteiger partial charge is 0.312 e. The average molecular weight is 304 g/mol. The molecular formula is C13H24N2O2S2. The Labute approximate surface area is 120 Å². The highest BCUT2D eigenvalue weighted by atomic mass is 32.2. The molecule has 1 N–H and O–H groups in total. The molecule has 6 heteroatoms. The van der Waals surface area contributed by atoms with E-state index in [9.17, 15) is 8.42 Å². The van der Waals surface area contributed by atoms with Crippen LogP contribution in [0.25, 0.3) is 0 Å². The van der Waals surface area contributed by atoms with Crippen molar-refractivity contribution in [2.45, 2.75) is 39.1 Å². The third-order valence-corrected chi connectivity index (χ3v) is 6.10. The zero-order valence-electron chi connectivity index (χ0n) is 12.4. The molecule has 110 valence electrons. The van der Waals surface area contributed by atoms with Gasteiger partial charge in [0.05, 0.1) is 0 Å². The fraction of sp³-hybridized carbons (Fsp3) is 0.692. The van der Waals surface area contributed by atoms with Crippen molar-refractivity contribution in [2.24, 2.45) is 5.92 Å². The van der Waals surface area contributed by atoms with Crippen LogP contribution >= 0.6 is 11.3 Å². The predicted octanol–water partition coefficient (Wildman–Crippen LogP) is 2.44. The Morgan fingerprint density at radius 1 is 1.42 bits per heavy atom. The third-order valence-electron chi connectivity index (χ3n) is 2.82. The molecule has 0 unspecified atom stereocenters. The van der Waals surface area contributed by atoms with Gasteiger partial charge in [-0.3, -0.25) is 0 Å². The van der Waals surface area contributed by atoms with Gasteiger partial charge in [-0.15, -0.1) is 11.3 Å². The normalized spacial score (nSPS) is 12.6. The van der Waals surface area contributed by atoms with Gasteiger partial charge in [0.2, 0.25) is 10.0 Å². The van der Waals surface area contributed by atoms with E-state index in [4.69, 9.17) is 0 Å². The highest BCUT2D eigenvalue weighted by molar-refractivity contribution is 7.89. The van der Waals surface area contributed by atoms with Crippen LogP contribution in [0.5, 0.6) is 0 Å². The van der Waals surface area contributed by atoms with E-state index in [2.05, 4.69) is 5.32 Å². The summed E-state index contributed by atoms with van der Waals surface area (Å²) in [6, 6.07) is 0. The Morgan fingerprint density at radius 2 is 2.05 bits per heavy atom. The van der Waals surface area contributed by atoms with Crippen molar-refractivity contribution >= 4 is 21.4 Å². The molecule has 0 aliphatic heterocycles. The molecule has 0 spiro atoms. The molecule has 1 aromatic heterocycles. The molecule has 1 rings (SSSR count). The summed E-state index contributed by atoms with van der Waals surface area (Å²) in [7, 11) is -1.72. The summed E-state index contributed by atoms with van der Waals surface area (Å²) in [4.78, 5) is 1.39. The lowest BCUT2D eigenvalue weighted by Gasteiger charge is -2.20. The molecule has 1 aromatic rings. The van der Waals surface area contributed by atoms with Gasteiger partial charge >= 0.3 is 0 Å². The molecule has 0 bridgehead atoms. The predicted molar refractivity (Wildman–Crippen MR) is 81.1 cm³/mol. The van der Waals surface area contributed by atoms with Crippen LogP contribution in [0, 0.1) is 12.8 Å². The topological polar surface area (TPSA) is 49.4 Å². The van der Waals surface area contributed by atoms with E-state index in [0.29, 0.717) is 23.9 Å². The third kappa shape index (κ3) is 4.02. The quantitative estimate of drug-likeness (QED) is 0.842. The van der Waals surface area contributed by atoms with Crippen LogP contribution in [0.3, 0.4) is 0 Å². The lowest BCUT2D eigenvalue weighted by Crippen LogP contribution is -2.31. The number of thiophene rings is 1. The lowest BCUT2D eigenvalue weighted by molar-refractivity contribution is 0.416. The molecule has 0 amide bonds. The molecule has 1 heterocycles. The number of nitrogens with one attached hydrogen (secondary N) is 1. The smallest absolute Gasteiger partial charge is 0.244 e. The van der Waals surface area contributed by atoms with Crippen LogP contribution in [-0.2, 0) is 16.6 Å². The Morgan fingerprint density at radius 3 is 2.58 bits per heavy atom. The number of hydrogen-bond acceptors (Lipinski definition) is 4. The lowest BCUT2D eigenvalue weighted by atomic mass is 10.2. The maximum absolute atomic E-state index is 12.6. The minimum absolute atomic E-state index is 0.316.